The fraction of sp³-hybridized carbons (Fsp3) is 0.333. The van der Waals surface area contributed by atoms with Crippen LogP contribution >= 0.6 is 0 Å². The summed E-state index contributed by atoms with van der Waals surface area (Å²) in [6.07, 6.45) is -0.223. The average Bonchev–Trinajstić information content (AvgIpc) is 3.36. The Morgan fingerprint density at radius 3 is 2.75 bits per heavy atom. The van der Waals surface area contributed by atoms with Crippen molar-refractivity contribution in [2.24, 2.45) is 5.92 Å². The first-order valence-corrected chi connectivity index (χ1v) is 7.73. The predicted octanol–water partition coefficient (Wildman–Crippen LogP) is 4.08. The molecule has 126 valence electrons. The molecule has 0 spiro atoms. The standard InChI is InChI=1S/C18H17F3N2O/c1-11(12-4-2-6-14(8-12)18(19,20)21)23-17(24)16-9-15(16)13-5-3-7-22-10-13/h2-8,10-11,15-16H,9H2,1H3,(H,23,24)/t11-,15-,16+/m0/s1. The minimum Gasteiger partial charge on any atom is -0.349 e. The lowest BCUT2D eigenvalue weighted by Gasteiger charge is -2.16. The van der Waals surface area contributed by atoms with Crippen LogP contribution in [0.25, 0.3) is 0 Å². The molecule has 1 aromatic carbocycles. The van der Waals surface area contributed by atoms with Crippen molar-refractivity contribution in [1.29, 1.82) is 0 Å². The SMILES string of the molecule is C[C@H](NC(=O)[C@@H]1C[C@H]1c1cccnc1)c1cccc(C(F)(F)F)c1. The smallest absolute Gasteiger partial charge is 0.349 e. The lowest BCUT2D eigenvalue weighted by atomic mass is 10.0. The van der Waals surface area contributed by atoms with Crippen molar-refractivity contribution >= 4 is 5.91 Å². The van der Waals surface area contributed by atoms with Crippen LogP contribution in [-0.4, -0.2) is 10.9 Å². The molecule has 0 bridgehead atoms. The summed E-state index contributed by atoms with van der Waals surface area (Å²) in [5, 5.41) is 2.81. The van der Waals surface area contributed by atoms with Gasteiger partial charge < -0.3 is 5.32 Å². The second-order valence-corrected chi connectivity index (χ2v) is 6.09. The first-order valence-electron chi connectivity index (χ1n) is 7.73. The molecule has 1 aliphatic carbocycles. The van der Waals surface area contributed by atoms with Gasteiger partial charge in [0.1, 0.15) is 0 Å². The molecule has 0 unspecified atom stereocenters. The number of carbonyl (C=O) groups excluding carboxylic acids is 1. The first-order chi connectivity index (χ1) is 11.4. The van der Waals surface area contributed by atoms with Gasteiger partial charge in [-0.1, -0.05) is 18.2 Å². The van der Waals surface area contributed by atoms with Crippen molar-refractivity contribution in [3.63, 3.8) is 0 Å². The van der Waals surface area contributed by atoms with Crippen LogP contribution in [-0.2, 0) is 11.0 Å². The zero-order valence-corrected chi connectivity index (χ0v) is 13.0. The largest absolute Gasteiger partial charge is 0.416 e. The van der Waals surface area contributed by atoms with Crippen molar-refractivity contribution < 1.29 is 18.0 Å². The molecule has 6 heteroatoms. The number of hydrogen-bond donors (Lipinski definition) is 1. The number of carbonyl (C=O) groups is 1. The molecule has 0 radical (unpaired) electrons. The Morgan fingerprint density at radius 1 is 1.29 bits per heavy atom. The van der Waals surface area contributed by atoms with Crippen LogP contribution < -0.4 is 5.32 Å². The molecule has 1 amide bonds. The normalized spacial score (nSPS) is 21.2. The van der Waals surface area contributed by atoms with E-state index in [9.17, 15) is 18.0 Å². The van der Waals surface area contributed by atoms with Crippen molar-refractivity contribution in [3.05, 3.63) is 65.5 Å². The van der Waals surface area contributed by atoms with Gasteiger partial charge in [0.25, 0.3) is 0 Å². The number of amides is 1. The van der Waals surface area contributed by atoms with Gasteiger partial charge in [-0.05, 0) is 48.6 Å². The van der Waals surface area contributed by atoms with E-state index in [0.29, 0.717) is 5.56 Å². The summed E-state index contributed by atoms with van der Waals surface area (Å²) in [6.45, 7) is 1.69. The van der Waals surface area contributed by atoms with Gasteiger partial charge in [-0.3, -0.25) is 9.78 Å². The number of nitrogens with zero attached hydrogens (tertiary/aromatic N) is 1. The molecule has 1 heterocycles. The lowest BCUT2D eigenvalue weighted by Crippen LogP contribution is -2.28. The highest BCUT2D eigenvalue weighted by atomic mass is 19.4. The van der Waals surface area contributed by atoms with Crippen LogP contribution in [0.1, 0.15) is 42.0 Å². The Bertz CT molecular complexity index is 731. The first kappa shape index (κ1) is 16.5. The van der Waals surface area contributed by atoms with Crippen molar-refractivity contribution in [3.8, 4) is 0 Å². The predicted molar refractivity (Wildman–Crippen MR) is 83.1 cm³/mol. The number of alkyl halides is 3. The fourth-order valence-electron chi connectivity index (χ4n) is 2.84. The minimum atomic E-state index is -4.39. The van der Waals surface area contributed by atoms with Gasteiger partial charge in [0.05, 0.1) is 11.6 Å². The van der Waals surface area contributed by atoms with Gasteiger partial charge in [-0.15, -0.1) is 0 Å². The summed E-state index contributed by atoms with van der Waals surface area (Å²) < 4.78 is 38.3. The molecule has 1 aliphatic rings. The average molecular weight is 334 g/mol. The van der Waals surface area contributed by atoms with E-state index in [0.717, 1.165) is 24.1 Å². The van der Waals surface area contributed by atoms with Gasteiger partial charge >= 0.3 is 6.18 Å². The summed E-state index contributed by atoms with van der Waals surface area (Å²) >= 11 is 0. The van der Waals surface area contributed by atoms with E-state index in [-0.39, 0.29) is 17.7 Å². The highest BCUT2D eigenvalue weighted by Gasteiger charge is 2.44. The highest BCUT2D eigenvalue weighted by molar-refractivity contribution is 5.83. The second kappa shape index (κ2) is 6.26. The number of aromatic nitrogens is 1. The van der Waals surface area contributed by atoms with E-state index < -0.39 is 17.8 Å². The highest BCUT2D eigenvalue weighted by Crippen LogP contribution is 2.47. The summed E-state index contributed by atoms with van der Waals surface area (Å²) in [7, 11) is 0. The molecule has 1 fully saturated rings. The van der Waals surface area contributed by atoms with Crippen LogP contribution in [0.3, 0.4) is 0 Å². The maximum Gasteiger partial charge on any atom is 0.416 e. The fourth-order valence-corrected chi connectivity index (χ4v) is 2.84. The quantitative estimate of drug-likeness (QED) is 0.915. The third-order valence-corrected chi connectivity index (χ3v) is 4.31. The zero-order valence-electron chi connectivity index (χ0n) is 13.0. The number of benzene rings is 1. The monoisotopic (exact) mass is 334 g/mol. The Morgan fingerprint density at radius 2 is 2.08 bits per heavy atom. The number of halogens is 3. The van der Waals surface area contributed by atoms with E-state index in [4.69, 9.17) is 0 Å². The third-order valence-electron chi connectivity index (χ3n) is 4.31. The van der Waals surface area contributed by atoms with Crippen LogP contribution in [0, 0.1) is 5.92 Å². The van der Waals surface area contributed by atoms with E-state index in [2.05, 4.69) is 10.3 Å². The molecule has 0 aliphatic heterocycles. The maximum atomic E-state index is 12.8. The van der Waals surface area contributed by atoms with Gasteiger partial charge in [0, 0.05) is 18.3 Å². The van der Waals surface area contributed by atoms with Gasteiger partial charge in [-0.25, -0.2) is 0 Å². The van der Waals surface area contributed by atoms with Crippen molar-refractivity contribution in [2.75, 3.05) is 0 Å². The van der Waals surface area contributed by atoms with Crippen LogP contribution in [0.5, 0.6) is 0 Å². The van der Waals surface area contributed by atoms with E-state index in [1.165, 1.54) is 6.07 Å². The summed E-state index contributed by atoms with van der Waals surface area (Å²) in [6, 6.07) is 8.33. The molecule has 1 N–H and O–H groups in total. The van der Waals surface area contributed by atoms with Crippen LogP contribution in [0.4, 0.5) is 13.2 Å². The number of hydrogen-bond acceptors (Lipinski definition) is 2. The van der Waals surface area contributed by atoms with Gasteiger partial charge in [0.15, 0.2) is 0 Å². The Balaban J connectivity index is 1.63. The summed E-state index contributed by atoms with van der Waals surface area (Å²) in [5.41, 5.74) is 0.752. The Kier molecular flexibility index (Phi) is 4.30. The molecule has 2 aromatic rings. The zero-order chi connectivity index (χ0) is 17.3. The summed E-state index contributed by atoms with van der Waals surface area (Å²) in [4.78, 5) is 16.3. The van der Waals surface area contributed by atoms with Gasteiger partial charge in [-0.2, -0.15) is 13.2 Å². The van der Waals surface area contributed by atoms with Crippen LogP contribution in [0.15, 0.2) is 48.8 Å². The van der Waals surface area contributed by atoms with Gasteiger partial charge in [0.2, 0.25) is 5.91 Å². The number of nitrogens with one attached hydrogen (secondary N) is 1. The number of rotatable bonds is 4. The summed E-state index contributed by atoms with van der Waals surface area (Å²) in [5.74, 6) is -0.122. The molecular weight excluding hydrogens is 317 g/mol. The van der Waals surface area contributed by atoms with E-state index >= 15 is 0 Å². The lowest BCUT2D eigenvalue weighted by molar-refractivity contribution is -0.137. The Labute approximate surface area is 137 Å². The van der Waals surface area contributed by atoms with Crippen molar-refractivity contribution in [2.45, 2.75) is 31.5 Å². The number of pyridine rings is 1. The third kappa shape index (κ3) is 3.58. The Hall–Kier alpha value is -2.37. The van der Waals surface area contributed by atoms with Crippen molar-refractivity contribution in [1.82, 2.24) is 10.3 Å². The minimum absolute atomic E-state index is 0.131. The molecular formula is C18H17F3N2O. The molecule has 0 saturated heterocycles. The molecule has 1 aromatic heterocycles. The van der Waals surface area contributed by atoms with E-state index in [1.807, 2.05) is 12.1 Å². The molecule has 3 nitrogen and oxygen atoms in total. The van der Waals surface area contributed by atoms with E-state index in [1.54, 1.807) is 25.4 Å². The van der Waals surface area contributed by atoms with Crippen LogP contribution in [0.2, 0.25) is 0 Å². The molecule has 1 saturated carbocycles. The topological polar surface area (TPSA) is 42.0 Å². The maximum absolute atomic E-state index is 12.8. The molecule has 3 rings (SSSR count). The molecule has 3 atom stereocenters. The second-order valence-electron chi connectivity index (χ2n) is 6.09. The molecule has 24 heavy (non-hydrogen) atoms.